The maximum absolute atomic E-state index is 13.1. The van der Waals surface area contributed by atoms with E-state index in [-0.39, 0.29) is 11.7 Å². The summed E-state index contributed by atoms with van der Waals surface area (Å²) in [4.78, 5) is 16.0. The third-order valence-corrected chi connectivity index (χ3v) is 3.09. The molecule has 0 aromatic heterocycles. The van der Waals surface area contributed by atoms with Gasteiger partial charge in [0.05, 0.1) is 6.54 Å². The van der Waals surface area contributed by atoms with Crippen molar-refractivity contribution in [2.45, 2.75) is 33.2 Å². The Morgan fingerprint density at radius 3 is 2.40 bits per heavy atom. The summed E-state index contributed by atoms with van der Waals surface area (Å²) in [6.45, 7) is 6.71. The molecule has 0 aliphatic heterocycles. The monoisotopic (exact) mass is 280 g/mol. The lowest BCUT2D eigenvalue weighted by molar-refractivity contribution is -0.132. The standard InChI is InChI=1S/C16H25FN2O/c1-4-9-19(10-5-2)16(20)13-18(3)12-14-7-6-8-15(17)11-14/h6-8,11H,4-5,9-10,12-13H2,1-3H3. The van der Waals surface area contributed by atoms with Crippen molar-refractivity contribution < 1.29 is 9.18 Å². The molecule has 0 bridgehead atoms. The Morgan fingerprint density at radius 1 is 1.20 bits per heavy atom. The zero-order valence-corrected chi connectivity index (χ0v) is 12.7. The highest BCUT2D eigenvalue weighted by Crippen LogP contribution is 2.06. The Balaban J connectivity index is 2.51. The van der Waals surface area contributed by atoms with Gasteiger partial charge in [-0.3, -0.25) is 9.69 Å². The molecule has 0 radical (unpaired) electrons. The van der Waals surface area contributed by atoms with E-state index < -0.39 is 0 Å². The van der Waals surface area contributed by atoms with Crippen molar-refractivity contribution in [3.63, 3.8) is 0 Å². The lowest BCUT2D eigenvalue weighted by Crippen LogP contribution is -2.39. The van der Waals surface area contributed by atoms with Gasteiger partial charge in [0, 0.05) is 19.6 Å². The van der Waals surface area contributed by atoms with Gasteiger partial charge >= 0.3 is 0 Å². The minimum absolute atomic E-state index is 0.146. The van der Waals surface area contributed by atoms with Crippen molar-refractivity contribution in [3.8, 4) is 0 Å². The van der Waals surface area contributed by atoms with Crippen molar-refractivity contribution in [2.24, 2.45) is 0 Å². The fourth-order valence-corrected chi connectivity index (χ4v) is 2.23. The molecule has 1 aromatic rings. The van der Waals surface area contributed by atoms with Crippen molar-refractivity contribution in [3.05, 3.63) is 35.6 Å². The number of carbonyl (C=O) groups is 1. The zero-order chi connectivity index (χ0) is 15.0. The maximum Gasteiger partial charge on any atom is 0.236 e. The third-order valence-electron chi connectivity index (χ3n) is 3.09. The van der Waals surface area contributed by atoms with Gasteiger partial charge in [0.25, 0.3) is 0 Å². The predicted octanol–water partition coefficient (Wildman–Crippen LogP) is 2.91. The summed E-state index contributed by atoms with van der Waals surface area (Å²) in [6.07, 6.45) is 1.94. The SMILES string of the molecule is CCCN(CCC)C(=O)CN(C)Cc1cccc(F)c1. The lowest BCUT2D eigenvalue weighted by atomic mass is 10.2. The number of benzene rings is 1. The molecular weight excluding hydrogens is 255 g/mol. The molecule has 1 rings (SSSR count). The van der Waals surface area contributed by atoms with Gasteiger partial charge in [-0.05, 0) is 37.6 Å². The Kier molecular flexibility index (Phi) is 7.23. The first kappa shape index (κ1) is 16.6. The van der Waals surface area contributed by atoms with Crippen LogP contribution in [0, 0.1) is 5.82 Å². The van der Waals surface area contributed by atoms with Crippen LogP contribution in [0.4, 0.5) is 4.39 Å². The van der Waals surface area contributed by atoms with Gasteiger partial charge in [-0.2, -0.15) is 0 Å². The molecule has 20 heavy (non-hydrogen) atoms. The first-order chi connectivity index (χ1) is 9.56. The quantitative estimate of drug-likeness (QED) is 0.731. The highest BCUT2D eigenvalue weighted by Gasteiger charge is 2.14. The summed E-state index contributed by atoms with van der Waals surface area (Å²) in [7, 11) is 1.89. The molecule has 0 saturated carbocycles. The van der Waals surface area contributed by atoms with E-state index in [0.29, 0.717) is 13.1 Å². The number of halogens is 1. The number of likely N-dealkylation sites (N-methyl/N-ethyl adjacent to an activating group) is 1. The predicted molar refractivity (Wildman–Crippen MR) is 79.9 cm³/mol. The summed E-state index contributed by atoms with van der Waals surface area (Å²) < 4.78 is 13.1. The highest BCUT2D eigenvalue weighted by atomic mass is 19.1. The van der Waals surface area contributed by atoms with Gasteiger partial charge in [0.15, 0.2) is 0 Å². The van der Waals surface area contributed by atoms with E-state index in [1.165, 1.54) is 12.1 Å². The molecule has 112 valence electrons. The average molecular weight is 280 g/mol. The van der Waals surface area contributed by atoms with Crippen molar-refractivity contribution >= 4 is 5.91 Å². The Labute approximate surface area is 121 Å². The van der Waals surface area contributed by atoms with E-state index in [0.717, 1.165) is 31.5 Å². The normalized spacial score (nSPS) is 10.8. The molecule has 1 amide bonds. The van der Waals surface area contributed by atoms with Gasteiger partial charge in [0.1, 0.15) is 5.82 Å². The lowest BCUT2D eigenvalue weighted by Gasteiger charge is -2.25. The van der Waals surface area contributed by atoms with Gasteiger partial charge in [0.2, 0.25) is 5.91 Å². The van der Waals surface area contributed by atoms with Crippen LogP contribution in [-0.4, -0.2) is 42.4 Å². The van der Waals surface area contributed by atoms with E-state index in [9.17, 15) is 9.18 Å². The molecule has 0 aliphatic rings. The summed E-state index contributed by atoms with van der Waals surface area (Å²) in [5.74, 6) is -0.0894. The van der Waals surface area contributed by atoms with Crippen molar-refractivity contribution in [1.29, 1.82) is 0 Å². The Hall–Kier alpha value is -1.42. The molecule has 0 spiro atoms. The number of rotatable bonds is 8. The number of hydrogen-bond acceptors (Lipinski definition) is 2. The minimum Gasteiger partial charge on any atom is -0.342 e. The average Bonchev–Trinajstić information content (AvgIpc) is 2.38. The van der Waals surface area contributed by atoms with Gasteiger partial charge in [-0.1, -0.05) is 26.0 Å². The molecular formula is C16H25FN2O. The summed E-state index contributed by atoms with van der Waals surface area (Å²) in [5.41, 5.74) is 0.887. The number of nitrogens with zero attached hydrogens (tertiary/aromatic N) is 2. The van der Waals surface area contributed by atoms with Crippen LogP contribution in [0.15, 0.2) is 24.3 Å². The van der Waals surface area contributed by atoms with Crippen molar-refractivity contribution in [1.82, 2.24) is 9.80 Å². The summed E-state index contributed by atoms with van der Waals surface area (Å²) in [5, 5.41) is 0. The van der Waals surface area contributed by atoms with Crippen LogP contribution in [0.3, 0.4) is 0 Å². The molecule has 4 heteroatoms. The second-order valence-electron chi connectivity index (χ2n) is 5.18. The Bertz CT molecular complexity index is 417. The summed E-state index contributed by atoms with van der Waals surface area (Å²) >= 11 is 0. The molecule has 0 unspecified atom stereocenters. The first-order valence-corrected chi connectivity index (χ1v) is 7.27. The maximum atomic E-state index is 13.1. The molecule has 0 N–H and O–H groups in total. The number of carbonyl (C=O) groups excluding carboxylic acids is 1. The summed E-state index contributed by atoms with van der Waals surface area (Å²) in [6, 6.07) is 6.51. The Morgan fingerprint density at radius 2 is 1.85 bits per heavy atom. The molecule has 3 nitrogen and oxygen atoms in total. The zero-order valence-electron chi connectivity index (χ0n) is 12.7. The smallest absolute Gasteiger partial charge is 0.236 e. The second kappa shape index (κ2) is 8.69. The van der Waals surface area contributed by atoms with E-state index in [4.69, 9.17) is 0 Å². The van der Waals surface area contributed by atoms with Crippen LogP contribution in [0.25, 0.3) is 0 Å². The van der Waals surface area contributed by atoms with Crippen LogP contribution in [-0.2, 0) is 11.3 Å². The number of hydrogen-bond donors (Lipinski definition) is 0. The van der Waals surface area contributed by atoms with Crippen LogP contribution in [0.5, 0.6) is 0 Å². The van der Waals surface area contributed by atoms with Crippen molar-refractivity contribution in [2.75, 3.05) is 26.7 Å². The van der Waals surface area contributed by atoms with E-state index in [2.05, 4.69) is 13.8 Å². The fraction of sp³-hybridized carbons (Fsp3) is 0.562. The van der Waals surface area contributed by atoms with Gasteiger partial charge < -0.3 is 4.90 Å². The molecule has 0 saturated heterocycles. The molecule has 0 atom stereocenters. The molecule has 1 aromatic carbocycles. The number of amides is 1. The molecule has 0 fully saturated rings. The molecule has 0 heterocycles. The highest BCUT2D eigenvalue weighted by molar-refractivity contribution is 5.78. The second-order valence-corrected chi connectivity index (χ2v) is 5.18. The van der Waals surface area contributed by atoms with E-state index in [1.54, 1.807) is 6.07 Å². The van der Waals surface area contributed by atoms with Crippen LogP contribution < -0.4 is 0 Å². The molecule has 0 aliphatic carbocycles. The van der Waals surface area contributed by atoms with Gasteiger partial charge in [-0.25, -0.2) is 4.39 Å². The van der Waals surface area contributed by atoms with Crippen LogP contribution >= 0.6 is 0 Å². The minimum atomic E-state index is -0.235. The van der Waals surface area contributed by atoms with E-state index >= 15 is 0 Å². The van der Waals surface area contributed by atoms with Crippen LogP contribution in [0.1, 0.15) is 32.3 Å². The first-order valence-electron chi connectivity index (χ1n) is 7.27. The van der Waals surface area contributed by atoms with Crippen LogP contribution in [0.2, 0.25) is 0 Å². The van der Waals surface area contributed by atoms with Gasteiger partial charge in [-0.15, -0.1) is 0 Å². The topological polar surface area (TPSA) is 23.6 Å². The largest absolute Gasteiger partial charge is 0.342 e. The third kappa shape index (κ3) is 5.70. The van der Waals surface area contributed by atoms with E-state index in [1.807, 2.05) is 22.9 Å². The fourth-order valence-electron chi connectivity index (χ4n) is 2.23.